The van der Waals surface area contributed by atoms with Crippen LogP contribution in [0, 0.1) is 0 Å². The van der Waals surface area contributed by atoms with Gasteiger partial charge in [-0.1, -0.05) is 11.6 Å². The van der Waals surface area contributed by atoms with E-state index in [9.17, 15) is 9.90 Å². The molecule has 0 aliphatic heterocycles. The van der Waals surface area contributed by atoms with Crippen LogP contribution in [-0.2, 0) is 0 Å². The third-order valence-electron chi connectivity index (χ3n) is 2.15. The highest BCUT2D eigenvalue weighted by atomic mass is 35.5. The SMILES string of the molecule is COc1cc(Cl)nc(NC(=O)c2ccncc2O)n1. The standard InChI is InChI=1S/C11H9ClN4O3/c1-19-9-4-8(12)14-11(15-9)16-10(18)6-2-3-13-5-7(6)17/h2-5,17H,1H3,(H,14,15,16,18). The van der Waals surface area contributed by atoms with Crippen molar-refractivity contribution in [1.29, 1.82) is 0 Å². The largest absolute Gasteiger partial charge is 0.505 e. The van der Waals surface area contributed by atoms with Crippen molar-refractivity contribution in [2.45, 2.75) is 0 Å². The fraction of sp³-hybridized carbons (Fsp3) is 0.0909. The summed E-state index contributed by atoms with van der Waals surface area (Å²) in [7, 11) is 1.42. The second-order valence-electron chi connectivity index (χ2n) is 3.40. The maximum atomic E-state index is 11.9. The summed E-state index contributed by atoms with van der Waals surface area (Å²) < 4.78 is 4.90. The van der Waals surface area contributed by atoms with Gasteiger partial charge in [0.2, 0.25) is 11.8 Å². The Bertz CT molecular complexity index is 621. The number of aromatic hydroxyl groups is 1. The van der Waals surface area contributed by atoms with Gasteiger partial charge in [0.25, 0.3) is 5.91 Å². The van der Waals surface area contributed by atoms with E-state index in [4.69, 9.17) is 16.3 Å². The highest BCUT2D eigenvalue weighted by Gasteiger charge is 2.13. The summed E-state index contributed by atoms with van der Waals surface area (Å²) in [5.41, 5.74) is 0.0533. The molecule has 8 heteroatoms. The molecule has 2 heterocycles. The highest BCUT2D eigenvalue weighted by molar-refractivity contribution is 6.29. The fourth-order valence-corrected chi connectivity index (χ4v) is 1.48. The summed E-state index contributed by atoms with van der Waals surface area (Å²) in [6, 6.07) is 2.77. The van der Waals surface area contributed by atoms with E-state index in [-0.39, 0.29) is 28.3 Å². The summed E-state index contributed by atoms with van der Waals surface area (Å²) >= 11 is 5.75. The molecule has 2 aromatic rings. The normalized spacial score (nSPS) is 10.0. The molecule has 2 aromatic heterocycles. The van der Waals surface area contributed by atoms with Gasteiger partial charge in [-0.2, -0.15) is 4.98 Å². The van der Waals surface area contributed by atoms with Crippen molar-refractivity contribution in [3.05, 3.63) is 35.2 Å². The molecule has 2 rings (SSSR count). The van der Waals surface area contributed by atoms with Crippen LogP contribution >= 0.6 is 11.6 Å². The molecular weight excluding hydrogens is 272 g/mol. The quantitative estimate of drug-likeness (QED) is 0.827. The van der Waals surface area contributed by atoms with E-state index < -0.39 is 5.91 Å². The molecule has 98 valence electrons. The molecule has 19 heavy (non-hydrogen) atoms. The first-order chi connectivity index (χ1) is 9.10. The molecule has 0 bridgehead atoms. The van der Waals surface area contributed by atoms with E-state index in [1.54, 1.807) is 0 Å². The predicted molar refractivity (Wildman–Crippen MR) is 67.4 cm³/mol. The Hall–Kier alpha value is -2.41. The van der Waals surface area contributed by atoms with Crippen LogP contribution in [-0.4, -0.2) is 33.1 Å². The molecule has 0 aromatic carbocycles. The lowest BCUT2D eigenvalue weighted by Gasteiger charge is -2.06. The number of hydrogen-bond donors (Lipinski definition) is 2. The van der Waals surface area contributed by atoms with E-state index in [0.29, 0.717) is 0 Å². The lowest BCUT2D eigenvalue weighted by Crippen LogP contribution is -2.14. The van der Waals surface area contributed by atoms with Crippen molar-refractivity contribution >= 4 is 23.5 Å². The van der Waals surface area contributed by atoms with Crippen LogP contribution in [0.3, 0.4) is 0 Å². The van der Waals surface area contributed by atoms with Gasteiger partial charge in [-0.3, -0.25) is 15.1 Å². The van der Waals surface area contributed by atoms with E-state index in [0.717, 1.165) is 6.20 Å². The average molecular weight is 281 g/mol. The molecule has 0 spiro atoms. The lowest BCUT2D eigenvalue weighted by atomic mass is 10.2. The molecule has 0 atom stereocenters. The number of pyridine rings is 1. The molecule has 0 unspecified atom stereocenters. The number of carbonyl (C=O) groups is 1. The Morgan fingerprint density at radius 1 is 1.47 bits per heavy atom. The summed E-state index contributed by atoms with van der Waals surface area (Å²) in [4.78, 5) is 23.3. The smallest absolute Gasteiger partial charge is 0.261 e. The van der Waals surface area contributed by atoms with Gasteiger partial charge in [-0.05, 0) is 6.07 Å². The minimum absolute atomic E-state index is 0.0226. The molecule has 0 saturated heterocycles. The number of amides is 1. The minimum Gasteiger partial charge on any atom is -0.505 e. The molecule has 0 fully saturated rings. The first-order valence-corrected chi connectivity index (χ1v) is 5.51. The Balaban J connectivity index is 2.24. The maximum Gasteiger partial charge on any atom is 0.261 e. The van der Waals surface area contributed by atoms with Crippen LogP contribution in [0.25, 0.3) is 0 Å². The molecule has 0 aliphatic rings. The van der Waals surface area contributed by atoms with Crippen LogP contribution in [0.1, 0.15) is 10.4 Å². The molecule has 0 aliphatic carbocycles. The number of aromatic nitrogens is 3. The second kappa shape index (κ2) is 5.49. The van der Waals surface area contributed by atoms with Crippen LogP contribution in [0.5, 0.6) is 11.6 Å². The Kier molecular flexibility index (Phi) is 3.76. The van der Waals surface area contributed by atoms with Crippen molar-refractivity contribution in [3.8, 4) is 11.6 Å². The van der Waals surface area contributed by atoms with E-state index in [2.05, 4.69) is 20.3 Å². The topological polar surface area (TPSA) is 97.2 Å². The van der Waals surface area contributed by atoms with Crippen molar-refractivity contribution in [2.24, 2.45) is 0 Å². The third kappa shape index (κ3) is 3.08. The first kappa shape index (κ1) is 13.0. The number of carbonyl (C=O) groups excluding carboxylic acids is 1. The van der Waals surface area contributed by atoms with Crippen molar-refractivity contribution in [3.63, 3.8) is 0 Å². The van der Waals surface area contributed by atoms with Crippen molar-refractivity contribution in [2.75, 3.05) is 12.4 Å². The monoisotopic (exact) mass is 280 g/mol. The molecule has 1 amide bonds. The summed E-state index contributed by atoms with van der Waals surface area (Å²) in [6.45, 7) is 0. The third-order valence-corrected chi connectivity index (χ3v) is 2.34. The zero-order valence-electron chi connectivity index (χ0n) is 9.79. The minimum atomic E-state index is -0.579. The zero-order chi connectivity index (χ0) is 13.8. The van der Waals surface area contributed by atoms with Crippen LogP contribution in [0.4, 0.5) is 5.95 Å². The Morgan fingerprint density at radius 2 is 2.26 bits per heavy atom. The van der Waals surface area contributed by atoms with Gasteiger partial charge < -0.3 is 9.84 Å². The number of nitrogens with zero attached hydrogens (tertiary/aromatic N) is 3. The van der Waals surface area contributed by atoms with Crippen molar-refractivity contribution < 1.29 is 14.6 Å². The van der Waals surface area contributed by atoms with Gasteiger partial charge in [0, 0.05) is 12.3 Å². The summed E-state index contributed by atoms with van der Waals surface area (Å²) in [6.07, 6.45) is 2.54. The van der Waals surface area contributed by atoms with E-state index in [1.807, 2.05) is 0 Å². The van der Waals surface area contributed by atoms with Gasteiger partial charge in [-0.25, -0.2) is 4.98 Å². The second-order valence-corrected chi connectivity index (χ2v) is 3.79. The molecule has 2 N–H and O–H groups in total. The number of methoxy groups -OCH3 is 1. The predicted octanol–water partition coefficient (Wildman–Crippen LogP) is 1.49. The Labute approximate surface area is 113 Å². The average Bonchev–Trinajstić information content (AvgIpc) is 2.38. The van der Waals surface area contributed by atoms with Gasteiger partial charge in [0.05, 0.1) is 18.9 Å². The maximum absolute atomic E-state index is 11.9. The van der Waals surface area contributed by atoms with Gasteiger partial charge in [0.15, 0.2) is 0 Å². The number of rotatable bonds is 3. The summed E-state index contributed by atoms with van der Waals surface area (Å²) in [5.74, 6) is -0.627. The van der Waals surface area contributed by atoms with E-state index in [1.165, 1.54) is 25.4 Å². The number of ether oxygens (including phenoxy) is 1. The molecule has 0 radical (unpaired) electrons. The van der Waals surface area contributed by atoms with Gasteiger partial charge >= 0.3 is 0 Å². The lowest BCUT2D eigenvalue weighted by molar-refractivity contribution is 0.102. The zero-order valence-corrected chi connectivity index (χ0v) is 10.5. The fourth-order valence-electron chi connectivity index (χ4n) is 1.30. The Morgan fingerprint density at radius 3 is 2.95 bits per heavy atom. The van der Waals surface area contributed by atoms with Crippen LogP contribution in [0.2, 0.25) is 5.15 Å². The van der Waals surface area contributed by atoms with Crippen LogP contribution in [0.15, 0.2) is 24.5 Å². The van der Waals surface area contributed by atoms with Crippen LogP contribution < -0.4 is 10.1 Å². The number of halogens is 1. The molecule has 0 saturated carbocycles. The van der Waals surface area contributed by atoms with Gasteiger partial charge in [0.1, 0.15) is 10.9 Å². The summed E-state index contributed by atoms with van der Waals surface area (Å²) in [5, 5.41) is 12.0. The number of hydrogen-bond acceptors (Lipinski definition) is 6. The van der Waals surface area contributed by atoms with Gasteiger partial charge in [-0.15, -0.1) is 0 Å². The number of anilines is 1. The molecule has 7 nitrogen and oxygen atoms in total. The van der Waals surface area contributed by atoms with E-state index >= 15 is 0 Å². The first-order valence-electron chi connectivity index (χ1n) is 5.13. The molecular formula is C11H9ClN4O3. The number of nitrogens with one attached hydrogen (secondary N) is 1. The highest BCUT2D eigenvalue weighted by Crippen LogP contribution is 2.18. The van der Waals surface area contributed by atoms with Crippen molar-refractivity contribution in [1.82, 2.24) is 15.0 Å².